The molecule has 0 saturated carbocycles. The lowest BCUT2D eigenvalue weighted by atomic mass is 9.98. The molecule has 1 N–H and O–H groups in total. The lowest BCUT2D eigenvalue weighted by molar-refractivity contribution is -0.255. The first-order valence-corrected chi connectivity index (χ1v) is 9.69. The van der Waals surface area contributed by atoms with E-state index in [2.05, 4.69) is 17.6 Å². The first-order valence-electron chi connectivity index (χ1n) is 9.06. The summed E-state index contributed by atoms with van der Waals surface area (Å²) in [5.41, 5.74) is -3.30. The topological polar surface area (TPSA) is 82.0 Å². The molecule has 7 nitrogen and oxygen atoms in total. The molecule has 0 amide bonds. The molecule has 2 aromatic rings. The fourth-order valence-electron chi connectivity index (χ4n) is 2.96. The summed E-state index contributed by atoms with van der Waals surface area (Å²) in [6.07, 6.45) is -1.89. The normalized spacial score (nSPS) is 14.5. The van der Waals surface area contributed by atoms with Gasteiger partial charge in [-0.25, -0.2) is 9.78 Å². The third-order valence-corrected chi connectivity index (χ3v) is 5.13. The van der Waals surface area contributed by atoms with Crippen LogP contribution in [0.5, 0.6) is 0 Å². The van der Waals surface area contributed by atoms with Gasteiger partial charge in [0.05, 0.1) is 6.33 Å². The van der Waals surface area contributed by atoms with Crippen LogP contribution in [0, 0.1) is 0 Å². The molecule has 0 aliphatic carbocycles. The maximum Gasteiger partial charge on any atom is 0.416 e. The van der Waals surface area contributed by atoms with Crippen molar-refractivity contribution in [3.63, 3.8) is 0 Å². The fourth-order valence-corrected chi connectivity index (χ4v) is 3.19. The van der Waals surface area contributed by atoms with Crippen LogP contribution in [0.1, 0.15) is 39.0 Å². The number of halogens is 3. The minimum absolute atomic E-state index is 0.0152. The molecule has 0 radical (unpaired) electrons. The minimum atomic E-state index is -4.72. The van der Waals surface area contributed by atoms with Gasteiger partial charge in [0, 0.05) is 20.1 Å². The van der Waals surface area contributed by atoms with Crippen LogP contribution in [0.4, 0.5) is 13.2 Å². The molecular weight excluding hydrogens is 397 g/mol. The third-order valence-electron chi connectivity index (χ3n) is 4.81. The molecule has 2 heterocycles. The Bertz CT molecular complexity index is 931. The molecule has 0 spiro atoms. The second-order valence-electron chi connectivity index (χ2n) is 7.07. The average Bonchev–Trinajstić information content (AvgIpc) is 3.02. The number of thiol groups is 1. The zero-order valence-electron chi connectivity index (χ0n) is 15.9. The number of aryl methyl sites for hydroxylation is 2. The second kappa shape index (κ2) is 8.73. The largest absolute Gasteiger partial charge is 0.416 e. The molecule has 0 aliphatic rings. The third kappa shape index (κ3) is 4.62. The molecule has 158 valence electrons. The Labute approximate surface area is 165 Å². The van der Waals surface area contributed by atoms with E-state index in [0.717, 1.165) is 23.2 Å². The number of aromatic nitrogens is 4. The number of aliphatic hydroxyl groups is 1. The highest BCUT2D eigenvalue weighted by Gasteiger charge is 2.48. The van der Waals surface area contributed by atoms with Crippen molar-refractivity contribution in [1.82, 2.24) is 18.7 Å². The fraction of sp³-hybridized carbons (Fsp3) is 0.706. The summed E-state index contributed by atoms with van der Waals surface area (Å²) in [5.74, 6) is 0.719. The van der Waals surface area contributed by atoms with Gasteiger partial charge in [-0.3, -0.25) is 13.9 Å². The van der Waals surface area contributed by atoms with Gasteiger partial charge in [-0.15, -0.1) is 0 Å². The molecule has 2 aromatic heterocycles. The number of unbranched alkanes of at least 4 members (excludes halogenated alkanes) is 2. The number of rotatable bonds is 9. The van der Waals surface area contributed by atoms with Crippen molar-refractivity contribution in [3.05, 3.63) is 27.2 Å². The quantitative estimate of drug-likeness (QED) is 0.479. The average molecular weight is 422 g/mol. The predicted octanol–water partition coefficient (Wildman–Crippen LogP) is 2.09. The van der Waals surface area contributed by atoms with Crippen molar-refractivity contribution < 1.29 is 18.3 Å². The van der Waals surface area contributed by atoms with Crippen LogP contribution in [0.3, 0.4) is 0 Å². The summed E-state index contributed by atoms with van der Waals surface area (Å²) in [4.78, 5) is 29.4. The van der Waals surface area contributed by atoms with Crippen LogP contribution in [-0.2, 0) is 20.1 Å². The van der Waals surface area contributed by atoms with Crippen molar-refractivity contribution in [1.29, 1.82) is 0 Å². The lowest BCUT2D eigenvalue weighted by Crippen LogP contribution is -2.42. The van der Waals surface area contributed by atoms with E-state index in [1.54, 1.807) is 4.57 Å². The van der Waals surface area contributed by atoms with E-state index < -0.39 is 29.4 Å². The summed E-state index contributed by atoms with van der Waals surface area (Å²) in [7, 11) is 1.50. The number of hydrogen-bond donors (Lipinski definition) is 2. The highest BCUT2D eigenvalue weighted by Crippen LogP contribution is 2.33. The second-order valence-corrected chi connectivity index (χ2v) is 7.52. The molecule has 0 aromatic carbocycles. The predicted molar refractivity (Wildman–Crippen MR) is 103 cm³/mol. The zero-order chi connectivity index (χ0) is 21.1. The highest BCUT2D eigenvalue weighted by atomic mass is 32.1. The molecule has 1 unspecified atom stereocenters. The summed E-state index contributed by atoms with van der Waals surface area (Å²) >= 11 is 4.15. The van der Waals surface area contributed by atoms with Crippen molar-refractivity contribution >= 4 is 23.8 Å². The Kier molecular flexibility index (Phi) is 7.02. The van der Waals surface area contributed by atoms with Crippen LogP contribution >= 0.6 is 12.6 Å². The van der Waals surface area contributed by atoms with E-state index in [1.165, 1.54) is 17.9 Å². The molecule has 1 atom stereocenters. The van der Waals surface area contributed by atoms with Crippen LogP contribution in [0.15, 0.2) is 15.9 Å². The Balaban J connectivity index is 2.22. The van der Waals surface area contributed by atoms with E-state index in [4.69, 9.17) is 0 Å². The van der Waals surface area contributed by atoms with Crippen molar-refractivity contribution in [2.45, 2.75) is 63.9 Å². The van der Waals surface area contributed by atoms with E-state index in [0.29, 0.717) is 19.0 Å². The number of imidazole rings is 1. The van der Waals surface area contributed by atoms with Crippen molar-refractivity contribution in [3.8, 4) is 0 Å². The van der Waals surface area contributed by atoms with Crippen molar-refractivity contribution in [2.24, 2.45) is 7.05 Å². The summed E-state index contributed by atoms with van der Waals surface area (Å²) in [6, 6.07) is 0. The van der Waals surface area contributed by atoms with Gasteiger partial charge >= 0.3 is 11.9 Å². The van der Waals surface area contributed by atoms with Crippen LogP contribution in [0.2, 0.25) is 0 Å². The first-order chi connectivity index (χ1) is 13.0. The Morgan fingerprint density at radius 2 is 1.79 bits per heavy atom. The number of alkyl halides is 3. The van der Waals surface area contributed by atoms with Crippen LogP contribution in [0.25, 0.3) is 11.2 Å². The molecule has 0 bridgehead atoms. The van der Waals surface area contributed by atoms with Gasteiger partial charge in [-0.2, -0.15) is 25.8 Å². The van der Waals surface area contributed by atoms with Gasteiger partial charge in [-0.1, -0.05) is 0 Å². The molecule has 2 rings (SSSR count). The first kappa shape index (κ1) is 22.5. The molecule has 0 fully saturated rings. The maximum absolute atomic E-state index is 12.8. The standard InChI is InChI=1S/C17H25F3N4O3S/c1-16(27,17(18,19)20)7-3-4-9-24-14(25)12-13(22(2)15(24)26)21-11-23(12)8-5-6-10-28/h11,27-28H,3-10H2,1-2H3. The van der Waals surface area contributed by atoms with Crippen LogP contribution < -0.4 is 11.2 Å². The SMILES string of the molecule is Cn1c(=O)n(CCCCC(C)(O)C(F)(F)F)c(=O)c2c1ncn2CCCCS. The van der Waals surface area contributed by atoms with E-state index in [9.17, 15) is 27.9 Å². The van der Waals surface area contributed by atoms with E-state index in [1.807, 2.05) is 0 Å². The van der Waals surface area contributed by atoms with E-state index >= 15 is 0 Å². The number of nitrogens with zero attached hydrogens (tertiary/aromatic N) is 4. The van der Waals surface area contributed by atoms with E-state index in [-0.39, 0.29) is 25.0 Å². The van der Waals surface area contributed by atoms with Gasteiger partial charge < -0.3 is 9.67 Å². The van der Waals surface area contributed by atoms with Gasteiger partial charge in [0.25, 0.3) is 5.56 Å². The number of hydrogen-bond acceptors (Lipinski definition) is 5. The van der Waals surface area contributed by atoms with Gasteiger partial charge in [0.2, 0.25) is 0 Å². The molecule has 0 saturated heterocycles. The molecule has 28 heavy (non-hydrogen) atoms. The van der Waals surface area contributed by atoms with Gasteiger partial charge in [-0.05, 0) is 44.8 Å². The Morgan fingerprint density at radius 1 is 1.14 bits per heavy atom. The monoisotopic (exact) mass is 422 g/mol. The molecular formula is C17H25F3N4O3S. The number of fused-ring (bicyclic) bond motifs is 1. The molecule has 11 heteroatoms. The highest BCUT2D eigenvalue weighted by molar-refractivity contribution is 7.80. The maximum atomic E-state index is 12.8. The Morgan fingerprint density at radius 3 is 2.39 bits per heavy atom. The zero-order valence-corrected chi connectivity index (χ0v) is 16.8. The van der Waals surface area contributed by atoms with Crippen LogP contribution in [-0.4, -0.2) is 41.3 Å². The summed E-state index contributed by atoms with van der Waals surface area (Å²) < 4.78 is 42.1. The minimum Gasteiger partial charge on any atom is -0.381 e. The van der Waals surface area contributed by atoms with Gasteiger partial charge in [0.1, 0.15) is 0 Å². The van der Waals surface area contributed by atoms with Crippen molar-refractivity contribution in [2.75, 3.05) is 5.75 Å². The van der Waals surface area contributed by atoms with Gasteiger partial charge in [0.15, 0.2) is 16.8 Å². The molecule has 0 aliphatic heterocycles. The summed E-state index contributed by atoms with van der Waals surface area (Å²) in [6.45, 7) is 1.24. The lowest BCUT2D eigenvalue weighted by Gasteiger charge is -2.26. The summed E-state index contributed by atoms with van der Waals surface area (Å²) in [5, 5.41) is 9.48. The Hall–Kier alpha value is -1.75. The smallest absolute Gasteiger partial charge is 0.381 e.